The molecule has 0 aliphatic heterocycles. The molecular formula is C22H29N. The average molecular weight is 307 g/mol. The van der Waals surface area contributed by atoms with Crippen LogP contribution in [-0.4, -0.2) is 4.98 Å². The first kappa shape index (κ1) is 16.1. The third-order valence-electron chi connectivity index (χ3n) is 4.93. The summed E-state index contributed by atoms with van der Waals surface area (Å²) in [4.78, 5) is 3.62. The zero-order chi connectivity index (χ0) is 15.9. The summed E-state index contributed by atoms with van der Waals surface area (Å²) in [7, 11) is 0. The standard InChI is InChI=1S/C22H29N/c1-2-3-4-5-6-7-8-9-13-18-14-12-16-20-19-15-10-11-17-21(19)23-22(18)20/h10-12,14-17,23H,2-9,13H2,1H3. The second kappa shape index (κ2) is 8.19. The largest absolute Gasteiger partial charge is 0.354 e. The van der Waals surface area contributed by atoms with Gasteiger partial charge in [-0.2, -0.15) is 0 Å². The molecule has 1 N–H and O–H groups in total. The molecule has 3 aromatic rings. The molecule has 0 radical (unpaired) electrons. The summed E-state index contributed by atoms with van der Waals surface area (Å²) in [5, 5.41) is 2.72. The van der Waals surface area contributed by atoms with Crippen LogP contribution in [0.5, 0.6) is 0 Å². The number of nitrogens with one attached hydrogen (secondary N) is 1. The number of hydrogen-bond acceptors (Lipinski definition) is 0. The van der Waals surface area contributed by atoms with Crippen LogP contribution in [0, 0.1) is 0 Å². The molecule has 0 aliphatic rings. The summed E-state index contributed by atoms with van der Waals surface area (Å²) in [6.07, 6.45) is 12.3. The molecule has 1 nitrogen and oxygen atoms in total. The lowest BCUT2D eigenvalue weighted by atomic mass is 10.0. The van der Waals surface area contributed by atoms with Gasteiger partial charge < -0.3 is 4.98 Å². The van der Waals surface area contributed by atoms with Crippen molar-refractivity contribution >= 4 is 21.8 Å². The average Bonchev–Trinajstić information content (AvgIpc) is 2.97. The first-order valence-corrected chi connectivity index (χ1v) is 9.38. The van der Waals surface area contributed by atoms with Crippen molar-refractivity contribution in [2.24, 2.45) is 0 Å². The summed E-state index contributed by atoms with van der Waals surface area (Å²) in [6.45, 7) is 2.28. The fourth-order valence-electron chi connectivity index (χ4n) is 3.59. The number of aromatic nitrogens is 1. The minimum absolute atomic E-state index is 1.19. The van der Waals surface area contributed by atoms with Crippen molar-refractivity contribution in [1.82, 2.24) is 4.98 Å². The van der Waals surface area contributed by atoms with E-state index in [1.807, 2.05) is 0 Å². The zero-order valence-electron chi connectivity index (χ0n) is 14.4. The Morgan fingerprint density at radius 3 is 2.22 bits per heavy atom. The Morgan fingerprint density at radius 2 is 1.39 bits per heavy atom. The highest BCUT2D eigenvalue weighted by Gasteiger charge is 2.07. The van der Waals surface area contributed by atoms with Gasteiger partial charge in [0.2, 0.25) is 0 Å². The van der Waals surface area contributed by atoms with Gasteiger partial charge in [-0.3, -0.25) is 0 Å². The predicted octanol–water partition coefficient (Wildman–Crippen LogP) is 7.00. The summed E-state index contributed by atoms with van der Waals surface area (Å²) in [5.41, 5.74) is 4.08. The third kappa shape index (κ3) is 3.96. The maximum absolute atomic E-state index is 3.62. The zero-order valence-corrected chi connectivity index (χ0v) is 14.4. The summed E-state index contributed by atoms with van der Waals surface area (Å²) >= 11 is 0. The number of hydrogen-bond donors (Lipinski definition) is 1. The van der Waals surface area contributed by atoms with E-state index < -0.39 is 0 Å². The minimum Gasteiger partial charge on any atom is -0.354 e. The van der Waals surface area contributed by atoms with Crippen LogP contribution >= 0.6 is 0 Å². The van der Waals surface area contributed by atoms with Crippen LogP contribution in [0.2, 0.25) is 0 Å². The van der Waals surface area contributed by atoms with Crippen LogP contribution in [0.3, 0.4) is 0 Å². The maximum Gasteiger partial charge on any atom is 0.0497 e. The number of unbranched alkanes of at least 4 members (excludes halogenated alkanes) is 7. The van der Waals surface area contributed by atoms with Crippen LogP contribution in [0.15, 0.2) is 42.5 Å². The number of H-pyrrole nitrogens is 1. The molecule has 0 atom stereocenters. The predicted molar refractivity (Wildman–Crippen MR) is 102 cm³/mol. The Bertz CT molecular complexity index is 738. The first-order valence-electron chi connectivity index (χ1n) is 9.38. The number of fused-ring (bicyclic) bond motifs is 3. The smallest absolute Gasteiger partial charge is 0.0497 e. The van der Waals surface area contributed by atoms with Crippen LogP contribution in [0.4, 0.5) is 0 Å². The molecule has 0 unspecified atom stereocenters. The lowest BCUT2D eigenvalue weighted by Crippen LogP contribution is -1.88. The number of aryl methyl sites for hydroxylation is 1. The Hall–Kier alpha value is -1.76. The molecule has 3 rings (SSSR count). The molecule has 1 heteroatoms. The Balaban J connectivity index is 1.56. The highest BCUT2D eigenvalue weighted by Crippen LogP contribution is 2.28. The van der Waals surface area contributed by atoms with E-state index in [9.17, 15) is 0 Å². The van der Waals surface area contributed by atoms with Crippen molar-refractivity contribution in [2.45, 2.75) is 64.7 Å². The van der Waals surface area contributed by atoms with Gasteiger partial charge in [-0.25, -0.2) is 0 Å². The lowest BCUT2D eigenvalue weighted by Gasteiger charge is -2.04. The van der Waals surface area contributed by atoms with E-state index in [4.69, 9.17) is 0 Å². The number of para-hydroxylation sites is 2. The number of aromatic amines is 1. The molecular weight excluding hydrogens is 278 g/mol. The second-order valence-electron chi connectivity index (χ2n) is 6.74. The first-order chi connectivity index (χ1) is 11.4. The van der Waals surface area contributed by atoms with Crippen molar-refractivity contribution in [1.29, 1.82) is 0 Å². The minimum atomic E-state index is 1.19. The molecule has 2 aromatic carbocycles. The van der Waals surface area contributed by atoms with Crippen LogP contribution in [0.25, 0.3) is 21.8 Å². The van der Waals surface area contributed by atoms with Crippen molar-refractivity contribution in [3.05, 3.63) is 48.0 Å². The third-order valence-corrected chi connectivity index (χ3v) is 4.93. The maximum atomic E-state index is 3.62. The van der Waals surface area contributed by atoms with E-state index in [-0.39, 0.29) is 0 Å². The van der Waals surface area contributed by atoms with Crippen LogP contribution in [-0.2, 0) is 6.42 Å². The summed E-state index contributed by atoms with van der Waals surface area (Å²) in [5.74, 6) is 0. The Morgan fingerprint density at radius 1 is 0.696 bits per heavy atom. The molecule has 0 aliphatic carbocycles. The quantitative estimate of drug-likeness (QED) is 0.409. The highest BCUT2D eigenvalue weighted by atomic mass is 14.7. The summed E-state index contributed by atoms with van der Waals surface area (Å²) in [6, 6.07) is 15.4. The molecule has 23 heavy (non-hydrogen) atoms. The van der Waals surface area contributed by atoms with E-state index in [0.717, 1.165) is 0 Å². The molecule has 0 bridgehead atoms. The molecule has 0 amide bonds. The molecule has 1 heterocycles. The topological polar surface area (TPSA) is 15.8 Å². The fraction of sp³-hybridized carbons (Fsp3) is 0.455. The molecule has 0 fully saturated rings. The van der Waals surface area contributed by atoms with E-state index in [2.05, 4.69) is 54.4 Å². The van der Waals surface area contributed by atoms with Gasteiger partial charge in [-0.05, 0) is 24.5 Å². The molecule has 122 valence electrons. The monoisotopic (exact) mass is 307 g/mol. The van der Waals surface area contributed by atoms with Gasteiger partial charge in [0.15, 0.2) is 0 Å². The fourth-order valence-corrected chi connectivity index (χ4v) is 3.59. The Labute approximate surface area is 140 Å². The second-order valence-corrected chi connectivity index (χ2v) is 6.74. The van der Waals surface area contributed by atoms with Gasteiger partial charge in [-0.1, -0.05) is 88.3 Å². The number of rotatable bonds is 9. The van der Waals surface area contributed by atoms with E-state index in [0.29, 0.717) is 0 Å². The van der Waals surface area contributed by atoms with Crippen molar-refractivity contribution in [3.8, 4) is 0 Å². The molecule has 0 spiro atoms. The van der Waals surface area contributed by atoms with Gasteiger partial charge in [0.05, 0.1) is 0 Å². The van der Waals surface area contributed by atoms with Gasteiger partial charge in [0, 0.05) is 21.8 Å². The van der Waals surface area contributed by atoms with Gasteiger partial charge in [0.1, 0.15) is 0 Å². The van der Waals surface area contributed by atoms with E-state index in [1.54, 1.807) is 0 Å². The van der Waals surface area contributed by atoms with E-state index >= 15 is 0 Å². The molecule has 1 aromatic heterocycles. The van der Waals surface area contributed by atoms with Gasteiger partial charge in [0.25, 0.3) is 0 Å². The van der Waals surface area contributed by atoms with Crippen molar-refractivity contribution in [3.63, 3.8) is 0 Å². The SMILES string of the molecule is CCCCCCCCCCc1cccc2c1[nH]c1ccccc12. The van der Waals surface area contributed by atoms with Crippen molar-refractivity contribution in [2.75, 3.05) is 0 Å². The number of benzene rings is 2. The molecule has 0 saturated carbocycles. The normalized spacial score (nSPS) is 11.5. The molecule has 0 saturated heterocycles. The van der Waals surface area contributed by atoms with Crippen molar-refractivity contribution < 1.29 is 0 Å². The van der Waals surface area contributed by atoms with Crippen LogP contribution in [0.1, 0.15) is 63.9 Å². The van der Waals surface area contributed by atoms with Gasteiger partial charge >= 0.3 is 0 Å². The van der Waals surface area contributed by atoms with Crippen LogP contribution < -0.4 is 0 Å². The van der Waals surface area contributed by atoms with E-state index in [1.165, 1.54) is 85.2 Å². The van der Waals surface area contributed by atoms with Gasteiger partial charge in [-0.15, -0.1) is 0 Å². The lowest BCUT2D eigenvalue weighted by molar-refractivity contribution is 0.576. The Kier molecular flexibility index (Phi) is 5.74. The highest BCUT2D eigenvalue weighted by molar-refractivity contribution is 6.08. The summed E-state index contributed by atoms with van der Waals surface area (Å²) < 4.78 is 0.